The van der Waals surface area contributed by atoms with Gasteiger partial charge in [-0.2, -0.15) is 0 Å². The number of pyridine rings is 1. The number of carbonyl (C=O) groups is 1. The lowest BCUT2D eigenvalue weighted by atomic mass is 10.3. The molecule has 8 nitrogen and oxygen atoms in total. The molecular weight excluding hydrogens is 398 g/mol. The molecule has 1 amide bonds. The SMILES string of the molecule is O=C(CCSc1ccccn1)Nc1ccc(S(=O)(=O)Nc2ncccn2)cc1. The molecule has 0 saturated carbocycles. The van der Waals surface area contributed by atoms with Crippen molar-refractivity contribution in [3.05, 3.63) is 67.1 Å². The van der Waals surface area contributed by atoms with E-state index in [1.807, 2.05) is 18.2 Å². The Hall–Kier alpha value is -2.98. The average molecular weight is 416 g/mol. The molecule has 0 aliphatic carbocycles. The summed E-state index contributed by atoms with van der Waals surface area (Å²) < 4.78 is 26.9. The van der Waals surface area contributed by atoms with Gasteiger partial charge in [-0.3, -0.25) is 4.79 Å². The molecule has 0 bridgehead atoms. The second-order valence-corrected chi connectivity index (χ2v) is 8.31. The number of hydrogen-bond donors (Lipinski definition) is 2. The Bertz CT molecular complexity index is 1010. The van der Waals surface area contributed by atoms with Crippen LogP contribution in [-0.2, 0) is 14.8 Å². The lowest BCUT2D eigenvalue weighted by Crippen LogP contribution is -2.15. The zero-order valence-corrected chi connectivity index (χ0v) is 16.3. The maximum Gasteiger partial charge on any atom is 0.264 e. The van der Waals surface area contributed by atoms with Crippen molar-refractivity contribution in [1.29, 1.82) is 0 Å². The molecule has 0 fully saturated rings. The van der Waals surface area contributed by atoms with Gasteiger partial charge in [0.05, 0.1) is 9.92 Å². The first-order valence-electron chi connectivity index (χ1n) is 8.26. The van der Waals surface area contributed by atoms with Crippen LogP contribution < -0.4 is 10.0 Å². The summed E-state index contributed by atoms with van der Waals surface area (Å²) in [6.45, 7) is 0. The van der Waals surface area contributed by atoms with Crippen LogP contribution in [0.2, 0.25) is 0 Å². The van der Waals surface area contributed by atoms with E-state index >= 15 is 0 Å². The van der Waals surface area contributed by atoms with Crippen molar-refractivity contribution in [3.63, 3.8) is 0 Å². The number of aromatic nitrogens is 3. The predicted molar refractivity (Wildman–Crippen MR) is 107 cm³/mol. The minimum Gasteiger partial charge on any atom is -0.326 e. The molecule has 0 radical (unpaired) electrons. The van der Waals surface area contributed by atoms with Crippen LogP contribution in [0, 0.1) is 0 Å². The second-order valence-electron chi connectivity index (χ2n) is 5.52. The summed E-state index contributed by atoms with van der Waals surface area (Å²) >= 11 is 1.49. The van der Waals surface area contributed by atoms with E-state index in [2.05, 4.69) is 25.0 Å². The molecule has 0 aliphatic rings. The Morgan fingerprint density at radius 3 is 2.32 bits per heavy atom. The molecule has 1 aromatic carbocycles. The van der Waals surface area contributed by atoms with Crippen LogP contribution in [-0.4, -0.2) is 35.0 Å². The number of nitrogens with zero attached hydrogens (tertiary/aromatic N) is 3. The number of benzene rings is 1. The Morgan fingerprint density at radius 2 is 1.64 bits per heavy atom. The first-order chi connectivity index (χ1) is 13.5. The normalized spacial score (nSPS) is 11.0. The van der Waals surface area contributed by atoms with Crippen molar-refractivity contribution in [2.24, 2.45) is 0 Å². The number of sulfonamides is 1. The third kappa shape index (κ3) is 5.76. The van der Waals surface area contributed by atoms with Crippen LogP contribution in [0.4, 0.5) is 11.6 Å². The van der Waals surface area contributed by atoms with Gasteiger partial charge in [-0.05, 0) is 42.5 Å². The molecule has 28 heavy (non-hydrogen) atoms. The first kappa shape index (κ1) is 19.8. The summed E-state index contributed by atoms with van der Waals surface area (Å²) in [6, 6.07) is 13.1. The minimum atomic E-state index is -3.80. The van der Waals surface area contributed by atoms with Crippen LogP contribution in [0.5, 0.6) is 0 Å². The van der Waals surface area contributed by atoms with Gasteiger partial charge in [-0.15, -0.1) is 11.8 Å². The third-order valence-electron chi connectivity index (χ3n) is 3.46. The molecule has 10 heteroatoms. The van der Waals surface area contributed by atoms with Gasteiger partial charge in [0.15, 0.2) is 0 Å². The molecule has 0 spiro atoms. The monoisotopic (exact) mass is 415 g/mol. The Kier molecular flexibility index (Phi) is 6.56. The molecule has 2 aromatic heterocycles. The number of nitrogens with one attached hydrogen (secondary N) is 2. The molecular formula is C18H17N5O3S2. The number of thioether (sulfide) groups is 1. The van der Waals surface area contributed by atoms with Crippen LogP contribution in [0.15, 0.2) is 77.0 Å². The number of amides is 1. The second kappa shape index (κ2) is 9.29. The highest BCUT2D eigenvalue weighted by molar-refractivity contribution is 7.99. The Morgan fingerprint density at radius 1 is 0.929 bits per heavy atom. The maximum absolute atomic E-state index is 12.3. The lowest BCUT2D eigenvalue weighted by Gasteiger charge is -2.08. The van der Waals surface area contributed by atoms with Crippen molar-refractivity contribution < 1.29 is 13.2 Å². The van der Waals surface area contributed by atoms with Gasteiger partial charge >= 0.3 is 0 Å². The van der Waals surface area contributed by atoms with Gasteiger partial charge in [-0.1, -0.05) is 6.07 Å². The molecule has 2 heterocycles. The van der Waals surface area contributed by atoms with Gasteiger partial charge in [0.2, 0.25) is 11.9 Å². The number of carbonyl (C=O) groups excluding carboxylic acids is 1. The molecule has 0 saturated heterocycles. The number of anilines is 2. The van der Waals surface area contributed by atoms with E-state index in [0.717, 1.165) is 5.03 Å². The highest BCUT2D eigenvalue weighted by atomic mass is 32.2. The lowest BCUT2D eigenvalue weighted by molar-refractivity contribution is -0.115. The van der Waals surface area contributed by atoms with Crippen LogP contribution in [0.3, 0.4) is 0 Å². The van der Waals surface area contributed by atoms with Gasteiger partial charge in [0.25, 0.3) is 10.0 Å². The van der Waals surface area contributed by atoms with Crippen LogP contribution >= 0.6 is 11.8 Å². The molecule has 3 aromatic rings. The summed E-state index contributed by atoms with van der Waals surface area (Å²) in [7, 11) is -3.80. The van der Waals surface area contributed by atoms with Gasteiger partial charge in [0.1, 0.15) is 0 Å². The predicted octanol–water partition coefficient (Wildman–Crippen LogP) is 2.79. The molecule has 0 aliphatic heterocycles. The van der Waals surface area contributed by atoms with E-state index in [4.69, 9.17) is 0 Å². The zero-order chi connectivity index (χ0) is 19.8. The fraction of sp³-hybridized carbons (Fsp3) is 0.111. The van der Waals surface area contributed by atoms with Gasteiger partial charge in [-0.25, -0.2) is 28.1 Å². The topological polar surface area (TPSA) is 114 Å². The smallest absolute Gasteiger partial charge is 0.264 e. The largest absolute Gasteiger partial charge is 0.326 e. The Balaban J connectivity index is 1.53. The molecule has 3 rings (SSSR count). The average Bonchev–Trinajstić information content (AvgIpc) is 2.70. The van der Waals surface area contributed by atoms with Gasteiger partial charge < -0.3 is 5.32 Å². The van der Waals surface area contributed by atoms with Crippen molar-refractivity contribution in [2.75, 3.05) is 15.8 Å². The molecule has 0 atom stereocenters. The molecule has 0 unspecified atom stereocenters. The standard InChI is InChI=1S/C18H17N5O3S2/c24-16(9-13-27-17-4-1-2-10-19-17)22-14-5-7-15(8-6-14)28(25,26)23-18-20-11-3-12-21-18/h1-8,10-12H,9,13H2,(H,22,24)(H,20,21,23). The summed E-state index contributed by atoms with van der Waals surface area (Å²) in [5, 5.41) is 3.60. The Labute approximate surface area is 166 Å². The van der Waals surface area contributed by atoms with Crippen molar-refractivity contribution in [1.82, 2.24) is 15.0 Å². The van der Waals surface area contributed by atoms with E-state index in [0.29, 0.717) is 17.9 Å². The highest BCUT2D eigenvalue weighted by Crippen LogP contribution is 2.18. The molecule has 2 N–H and O–H groups in total. The summed E-state index contributed by atoms with van der Waals surface area (Å²) in [5.74, 6) is 0.427. The first-order valence-corrected chi connectivity index (χ1v) is 10.7. The number of hydrogen-bond acceptors (Lipinski definition) is 7. The number of rotatable bonds is 8. The zero-order valence-electron chi connectivity index (χ0n) is 14.6. The fourth-order valence-corrected chi connectivity index (χ4v) is 3.92. The molecule has 144 valence electrons. The quantitative estimate of drug-likeness (QED) is 0.544. The van der Waals surface area contributed by atoms with Gasteiger partial charge in [0, 0.05) is 36.5 Å². The van der Waals surface area contributed by atoms with Crippen molar-refractivity contribution >= 4 is 39.3 Å². The fourth-order valence-electron chi connectivity index (χ4n) is 2.15. The van der Waals surface area contributed by atoms with E-state index in [1.165, 1.54) is 48.4 Å². The maximum atomic E-state index is 12.3. The van der Waals surface area contributed by atoms with E-state index in [9.17, 15) is 13.2 Å². The van der Waals surface area contributed by atoms with E-state index < -0.39 is 10.0 Å². The van der Waals surface area contributed by atoms with Crippen LogP contribution in [0.1, 0.15) is 6.42 Å². The summed E-state index contributed by atoms with van der Waals surface area (Å²) in [5.41, 5.74) is 0.516. The summed E-state index contributed by atoms with van der Waals surface area (Å²) in [6.07, 6.45) is 4.90. The minimum absolute atomic E-state index is 0.00900. The van der Waals surface area contributed by atoms with E-state index in [-0.39, 0.29) is 16.8 Å². The van der Waals surface area contributed by atoms with Crippen molar-refractivity contribution in [3.8, 4) is 0 Å². The summed E-state index contributed by atoms with van der Waals surface area (Å²) in [4.78, 5) is 23.9. The van der Waals surface area contributed by atoms with Crippen molar-refractivity contribution in [2.45, 2.75) is 16.3 Å². The highest BCUT2D eigenvalue weighted by Gasteiger charge is 2.15. The van der Waals surface area contributed by atoms with E-state index in [1.54, 1.807) is 12.3 Å². The van der Waals surface area contributed by atoms with Crippen LogP contribution in [0.25, 0.3) is 0 Å². The third-order valence-corrected chi connectivity index (χ3v) is 5.75.